The molecule has 0 amide bonds. The second-order valence-electron chi connectivity index (χ2n) is 5.25. The molecule has 90 valence electrons. The molecule has 0 aliphatic rings. The molecule has 0 aliphatic heterocycles. The van der Waals surface area contributed by atoms with Crippen molar-refractivity contribution in [3.63, 3.8) is 0 Å². The van der Waals surface area contributed by atoms with Crippen LogP contribution in [0, 0.1) is 0 Å². The van der Waals surface area contributed by atoms with Crippen molar-refractivity contribution in [1.82, 2.24) is 0 Å². The minimum Gasteiger partial charge on any atom is -0.143 e. The molecule has 0 spiro atoms. The molecule has 17 heavy (non-hydrogen) atoms. The van der Waals surface area contributed by atoms with Gasteiger partial charge in [-0.15, -0.1) is 12.6 Å². The molecule has 0 unspecified atom stereocenters. The maximum atomic E-state index is 4.68. The Kier molecular flexibility index (Phi) is 3.48. The molecule has 0 atom stereocenters. The van der Waals surface area contributed by atoms with E-state index in [-0.39, 0.29) is 0 Å². The highest BCUT2D eigenvalue weighted by molar-refractivity contribution is 7.80. The van der Waals surface area contributed by atoms with Gasteiger partial charge in [-0.25, -0.2) is 0 Å². The Morgan fingerprint density at radius 2 is 1.47 bits per heavy atom. The van der Waals surface area contributed by atoms with E-state index in [0.717, 1.165) is 4.90 Å². The summed E-state index contributed by atoms with van der Waals surface area (Å²) >= 11 is 4.68. The van der Waals surface area contributed by atoms with Gasteiger partial charge in [0.25, 0.3) is 0 Å². The van der Waals surface area contributed by atoms with E-state index in [4.69, 9.17) is 0 Å². The number of fused-ring (bicyclic) bond motifs is 1. The van der Waals surface area contributed by atoms with Crippen LogP contribution in [0.1, 0.15) is 50.7 Å². The van der Waals surface area contributed by atoms with Crippen molar-refractivity contribution in [2.75, 3.05) is 0 Å². The largest absolute Gasteiger partial charge is 0.143 e. The lowest BCUT2D eigenvalue weighted by Crippen LogP contribution is -1.97. The molecule has 2 aromatic carbocycles. The summed E-state index contributed by atoms with van der Waals surface area (Å²) in [4.78, 5) is 1.13. The molecule has 0 radical (unpaired) electrons. The van der Waals surface area contributed by atoms with Crippen LogP contribution in [-0.4, -0.2) is 0 Å². The maximum absolute atomic E-state index is 4.68. The number of hydrogen-bond donors (Lipinski definition) is 1. The monoisotopic (exact) mass is 244 g/mol. The fourth-order valence-electron chi connectivity index (χ4n) is 2.49. The van der Waals surface area contributed by atoms with Crippen molar-refractivity contribution in [2.24, 2.45) is 0 Å². The SMILES string of the molecule is CC(C)c1cc(S)c(C(C)C)c2ccccc12. The molecule has 0 fully saturated rings. The highest BCUT2D eigenvalue weighted by atomic mass is 32.1. The summed E-state index contributed by atoms with van der Waals surface area (Å²) in [7, 11) is 0. The van der Waals surface area contributed by atoms with Crippen LogP contribution in [0.2, 0.25) is 0 Å². The lowest BCUT2D eigenvalue weighted by Gasteiger charge is -2.18. The molecule has 0 heterocycles. The quantitative estimate of drug-likeness (QED) is 0.674. The van der Waals surface area contributed by atoms with E-state index >= 15 is 0 Å². The van der Waals surface area contributed by atoms with Gasteiger partial charge >= 0.3 is 0 Å². The first-order valence-electron chi connectivity index (χ1n) is 6.27. The molecule has 0 saturated heterocycles. The van der Waals surface area contributed by atoms with Crippen LogP contribution in [0.5, 0.6) is 0 Å². The molecule has 0 aromatic heterocycles. The average Bonchev–Trinajstić information content (AvgIpc) is 2.27. The van der Waals surface area contributed by atoms with Gasteiger partial charge in [0.2, 0.25) is 0 Å². The van der Waals surface area contributed by atoms with Gasteiger partial charge in [0, 0.05) is 4.90 Å². The van der Waals surface area contributed by atoms with Gasteiger partial charge < -0.3 is 0 Å². The lowest BCUT2D eigenvalue weighted by atomic mass is 9.89. The second kappa shape index (κ2) is 4.73. The van der Waals surface area contributed by atoms with Crippen molar-refractivity contribution in [3.8, 4) is 0 Å². The number of benzene rings is 2. The topological polar surface area (TPSA) is 0 Å². The van der Waals surface area contributed by atoms with Crippen LogP contribution in [0.15, 0.2) is 35.2 Å². The summed E-state index contributed by atoms with van der Waals surface area (Å²) in [5.41, 5.74) is 2.77. The average molecular weight is 244 g/mol. The standard InChI is InChI=1S/C16H20S/c1-10(2)14-9-15(17)16(11(3)4)13-8-6-5-7-12(13)14/h5-11,17H,1-4H3. The van der Waals surface area contributed by atoms with Crippen LogP contribution in [-0.2, 0) is 0 Å². The Balaban J connectivity index is 2.87. The number of hydrogen-bond acceptors (Lipinski definition) is 1. The molecule has 0 bridgehead atoms. The molecule has 1 heteroatoms. The van der Waals surface area contributed by atoms with Crippen molar-refractivity contribution in [1.29, 1.82) is 0 Å². The summed E-state index contributed by atoms with van der Waals surface area (Å²) < 4.78 is 0. The fraction of sp³-hybridized carbons (Fsp3) is 0.375. The van der Waals surface area contributed by atoms with Crippen LogP contribution < -0.4 is 0 Å². The van der Waals surface area contributed by atoms with Gasteiger partial charge in [-0.2, -0.15) is 0 Å². The zero-order valence-electron chi connectivity index (χ0n) is 11.0. The van der Waals surface area contributed by atoms with Gasteiger partial charge in [0.1, 0.15) is 0 Å². The Labute approximate surface area is 109 Å². The number of thiol groups is 1. The predicted octanol–water partition coefficient (Wildman–Crippen LogP) is 5.38. The minimum absolute atomic E-state index is 0.508. The lowest BCUT2D eigenvalue weighted by molar-refractivity contribution is 0.838. The van der Waals surface area contributed by atoms with Crippen molar-refractivity contribution in [2.45, 2.75) is 44.4 Å². The molecule has 0 saturated carbocycles. The zero-order chi connectivity index (χ0) is 12.6. The van der Waals surface area contributed by atoms with E-state index < -0.39 is 0 Å². The van der Waals surface area contributed by atoms with Crippen LogP contribution in [0.4, 0.5) is 0 Å². The maximum Gasteiger partial charge on any atom is 0.00839 e. The first-order valence-corrected chi connectivity index (χ1v) is 6.71. The van der Waals surface area contributed by atoms with Gasteiger partial charge in [-0.1, -0.05) is 52.0 Å². The van der Waals surface area contributed by atoms with Crippen molar-refractivity contribution in [3.05, 3.63) is 41.5 Å². The summed E-state index contributed by atoms with van der Waals surface area (Å²) in [6, 6.07) is 10.9. The van der Waals surface area contributed by atoms with Gasteiger partial charge in [0.05, 0.1) is 0 Å². The van der Waals surface area contributed by atoms with E-state index in [1.165, 1.54) is 21.9 Å². The minimum atomic E-state index is 0.508. The Bertz CT molecular complexity index is 538. The van der Waals surface area contributed by atoms with Gasteiger partial charge in [-0.3, -0.25) is 0 Å². The third-order valence-corrected chi connectivity index (χ3v) is 3.67. The van der Waals surface area contributed by atoms with E-state index in [1.54, 1.807) is 0 Å². The Morgan fingerprint density at radius 3 is 2.00 bits per heavy atom. The van der Waals surface area contributed by atoms with Crippen LogP contribution in [0.3, 0.4) is 0 Å². The molecule has 2 aromatic rings. The van der Waals surface area contributed by atoms with E-state index in [0.29, 0.717) is 11.8 Å². The second-order valence-corrected chi connectivity index (χ2v) is 5.74. The van der Waals surface area contributed by atoms with Crippen LogP contribution >= 0.6 is 12.6 Å². The molecule has 0 N–H and O–H groups in total. The van der Waals surface area contributed by atoms with Gasteiger partial charge in [-0.05, 0) is 39.8 Å². The van der Waals surface area contributed by atoms with Crippen molar-refractivity contribution >= 4 is 23.4 Å². The first kappa shape index (κ1) is 12.5. The van der Waals surface area contributed by atoms with E-state index in [2.05, 4.69) is 70.7 Å². The molecule has 2 rings (SSSR count). The highest BCUT2D eigenvalue weighted by Gasteiger charge is 2.13. The highest BCUT2D eigenvalue weighted by Crippen LogP contribution is 2.36. The zero-order valence-corrected chi connectivity index (χ0v) is 11.9. The summed E-state index contributed by atoms with van der Waals surface area (Å²) in [5, 5.41) is 2.74. The molecular formula is C16H20S. The predicted molar refractivity (Wildman–Crippen MR) is 79.4 cm³/mol. The summed E-state index contributed by atoms with van der Waals surface area (Å²) in [5.74, 6) is 1.04. The molecule has 0 nitrogen and oxygen atoms in total. The van der Waals surface area contributed by atoms with Gasteiger partial charge in [0.15, 0.2) is 0 Å². The third kappa shape index (κ3) is 2.21. The summed E-state index contributed by atoms with van der Waals surface area (Å²) in [6.45, 7) is 8.95. The molecule has 0 aliphatic carbocycles. The Hall–Kier alpha value is -0.950. The van der Waals surface area contributed by atoms with E-state index in [9.17, 15) is 0 Å². The summed E-state index contributed by atoms with van der Waals surface area (Å²) in [6.07, 6.45) is 0. The number of rotatable bonds is 2. The van der Waals surface area contributed by atoms with Crippen LogP contribution in [0.25, 0.3) is 10.8 Å². The third-order valence-electron chi connectivity index (χ3n) is 3.30. The first-order chi connectivity index (χ1) is 8.02. The Morgan fingerprint density at radius 1 is 0.882 bits per heavy atom. The fourth-order valence-corrected chi connectivity index (χ4v) is 3.01. The smallest absolute Gasteiger partial charge is 0.00839 e. The normalized spacial score (nSPS) is 11.7. The van der Waals surface area contributed by atoms with Crippen molar-refractivity contribution < 1.29 is 0 Å². The molecular weight excluding hydrogens is 224 g/mol. The van der Waals surface area contributed by atoms with E-state index in [1.807, 2.05) is 0 Å².